The monoisotopic (exact) mass is 419 g/mol. The molecule has 0 aliphatic carbocycles. The average molecular weight is 419 g/mol. The highest BCUT2D eigenvalue weighted by Gasteiger charge is 2.13. The summed E-state index contributed by atoms with van der Waals surface area (Å²) in [5.41, 5.74) is 1.79. The van der Waals surface area contributed by atoms with E-state index in [0.29, 0.717) is 22.3 Å². The molecule has 0 fully saturated rings. The Bertz CT molecular complexity index is 1580. The lowest BCUT2D eigenvalue weighted by Crippen LogP contribution is -2.22. The van der Waals surface area contributed by atoms with Crippen LogP contribution in [-0.4, -0.2) is 14.5 Å². The molecule has 0 N–H and O–H groups in total. The van der Waals surface area contributed by atoms with Crippen molar-refractivity contribution in [2.24, 2.45) is 0 Å². The van der Waals surface area contributed by atoms with Crippen LogP contribution in [0.3, 0.4) is 0 Å². The molecule has 0 saturated heterocycles. The third-order valence-electron chi connectivity index (χ3n) is 5.32. The fourth-order valence-corrected chi connectivity index (χ4v) is 3.81. The van der Waals surface area contributed by atoms with Crippen molar-refractivity contribution >= 4 is 39.5 Å². The highest BCUT2D eigenvalue weighted by molar-refractivity contribution is 5.91. The quantitative estimate of drug-likeness (QED) is 0.280. The molecule has 154 valence electrons. The lowest BCUT2D eigenvalue weighted by Gasteiger charge is -2.14. The molecule has 0 radical (unpaired) electrons. The van der Waals surface area contributed by atoms with Crippen molar-refractivity contribution in [3.63, 3.8) is 0 Å². The minimum Gasteiger partial charge on any atom is -0.268 e. The van der Waals surface area contributed by atoms with Gasteiger partial charge in [-0.05, 0) is 35.2 Å². The zero-order chi connectivity index (χ0) is 22.1. The van der Waals surface area contributed by atoms with Gasteiger partial charge in [-0.2, -0.15) is 0 Å². The van der Waals surface area contributed by atoms with E-state index in [9.17, 15) is 14.9 Å². The van der Waals surface area contributed by atoms with Crippen LogP contribution in [-0.2, 0) is 0 Å². The molecule has 1 aromatic heterocycles. The Hall–Kier alpha value is -4.58. The third-order valence-corrected chi connectivity index (χ3v) is 5.32. The second-order valence-electron chi connectivity index (χ2n) is 7.31. The first-order valence-electron chi connectivity index (χ1n) is 10.0. The normalized spacial score (nSPS) is 11.4. The highest BCUT2D eigenvalue weighted by atomic mass is 16.6. The number of benzene rings is 4. The van der Waals surface area contributed by atoms with Crippen LogP contribution in [0.4, 0.5) is 5.69 Å². The molecule has 0 aliphatic rings. The van der Waals surface area contributed by atoms with Crippen molar-refractivity contribution in [2.75, 3.05) is 0 Å². The van der Waals surface area contributed by atoms with Gasteiger partial charge in [-0.3, -0.25) is 19.5 Å². The van der Waals surface area contributed by atoms with Crippen molar-refractivity contribution in [2.45, 2.75) is 0 Å². The second-order valence-corrected chi connectivity index (χ2v) is 7.31. The Labute approximate surface area is 182 Å². The van der Waals surface area contributed by atoms with Gasteiger partial charge in [0.2, 0.25) is 0 Å². The molecule has 32 heavy (non-hydrogen) atoms. The minimum atomic E-state index is -0.433. The summed E-state index contributed by atoms with van der Waals surface area (Å²) >= 11 is 0. The molecule has 1 heterocycles. The van der Waals surface area contributed by atoms with E-state index >= 15 is 0 Å². The van der Waals surface area contributed by atoms with E-state index in [4.69, 9.17) is 4.98 Å². The maximum absolute atomic E-state index is 13.5. The number of non-ortho nitro benzene ring substituents is 1. The van der Waals surface area contributed by atoms with E-state index in [-0.39, 0.29) is 11.2 Å². The van der Waals surface area contributed by atoms with E-state index in [1.807, 2.05) is 54.6 Å². The van der Waals surface area contributed by atoms with Crippen LogP contribution in [0.2, 0.25) is 0 Å². The number of hydrogen-bond donors (Lipinski definition) is 0. The second kappa shape index (κ2) is 7.92. The predicted octanol–water partition coefficient (Wildman–Crippen LogP) is 5.62. The first-order valence-corrected chi connectivity index (χ1v) is 10.0. The minimum absolute atomic E-state index is 0.00469. The molecule has 6 heteroatoms. The van der Waals surface area contributed by atoms with Gasteiger partial charge in [0.1, 0.15) is 5.82 Å². The molecular weight excluding hydrogens is 402 g/mol. The molecule has 5 aromatic rings. The standard InChI is InChI=1S/C26H17N3O3/c30-26-22-12-3-4-13-23(22)27-25(16-15-18-7-5-10-20(17-18)29(31)32)28(26)24-14-6-9-19-8-1-2-11-21(19)24/h1-17H/b16-15-. The molecule has 0 unspecified atom stereocenters. The van der Waals surface area contributed by atoms with Crippen molar-refractivity contribution in [3.8, 4) is 5.69 Å². The van der Waals surface area contributed by atoms with Crippen molar-refractivity contribution in [1.82, 2.24) is 9.55 Å². The summed E-state index contributed by atoms with van der Waals surface area (Å²) in [7, 11) is 0. The summed E-state index contributed by atoms with van der Waals surface area (Å²) in [6.45, 7) is 0. The lowest BCUT2D eigenvalue weighted by atomic mass is 10.1. The van der Waals surface area contributed by atoms with E-state index in [2.05, 4.69) is 0 Å². The van der Waals surface area contributed by atoms with Gasteiger partial charge in [0.25, 0.3) is 11.2 Å². The Morgan fingerprint density at radius 1 is 0.812 bits per heavy atom. The summed E-state index contributed by atoms with van der Waals surface area (Å²) in [5.74, 6) is 0.441. The Morgan fingerprint density at radius 3 is 2.38 bits per heavy atom. The van der Waals surface area contributed by atoms with E-state index in [1.54, 1.807) is 41.0 Å². The molecule has 0 amide bonds. The summed E-state index contributed by atoms with van der Waals surface area (Å²) in [5, 5.41) is 13.6. The fraction of sp³-hybridized carbons (Fsp3) is 0. The van der Waals surface area contributed by atoms with Gasteiger partial charge in [-0.25, -0.2) is 4.98 Å². The van der Waals surface area contributed by atoms with Gasteiger partial charge < -0.3 is 0 Å². The zero-order valence-electron chi connectivity index (χ0n) is 16.9. The molecule has 6 nitrogen and oxygen atoms in total. The number of fused-ring (bicyclic) bond motifs is 2. The van der Waals surface area contributed by atoms with Gasteiger partial charge >= 0.3 is 0 Å². The number of rotatable bonds is 4. The maximum atomic E-state index is 13.5. The fourth-order valence-electron chi connectivity index (χ4n) is 3.81. The number of hydrogen-bond acceptors (Lipinski definition) is 4. The van der Waals surface area contributed by atoms with Crippen LogP contribution in [0.1, 0.15) is 11.4 Å². The smallest absolute Gasteiger partial charge is 0.268 e. The van der Waals surface area contributed by atoms with Crippen LogP contribution in [0.5, 0.6) is 0 Å². The van der Waals surface area contributed by atoms with Gasteiger partial charge in [-0.1, -0.05) is 66.7 Å². The van der Waals surface area contributed by atoms with Crippen LogP contribution in [0, 0.1) is 10.1 Å². The molecule has 5 rings (SSSR count). The predicted molar refractivity (Wildman–Crippen MR) is 127 cm³/mol. The summed E-state index contributed by atoms with van der Waals surface area (Å²) in [6, 6.07) is 27.2. The SMILES string of the molecule is O=c1c2ccccc2nc(/C=C\c2cccc([N+](=O)[O-])c2)n1-c1cccc2ccccc12. The Morgan fingerprint density at radius 2 is 1.53 bits per heavy atom. The van der Waals surface area contributed by atoms with E-state index in [1.165, 1.54) is 12.1 Å². The molecule has 0 saturated carbocycles. The van der Waals surface area contributed by atoms with Crippen molar-refractivity contribution in [3.05, 3.63) is 123 Å². The van der Waals surface area contributed by atoms with Gasteiger partial charge in [0, 0.05) is 17.5 Å². The Balaban J connectivity index is 1.76. The Kier molecular flexibility index (Phi) is 4.80. The van der Waals surface area contributed by atoms with Crippen LogP contribution in [0.25, 0.3) is 39.5 Å². The lowest BCUT2D eigenvalue weighted by molar-refractivity contribution is -0.384. The number of nitrogens with zero attached hydrogens (tertiary/aromatic N) is 3. The molecule has 0 aliphatic heterocycles. The topological polar surface area (TPSA) is 78.0 Å². The molecule has 0 bridgehead atoms. The van der Waals surface area contributed by atoms with Crippen molar-refractivity contribution in [1.29, 1.82) is 0 Å². The van der Waals surface area contributed by atoms with Gasteiger partial charge in [-0.15, -0.1) is 0 Å². The number of para-hydroxylation sites is 1. The van der Waals surface area contributed by atoms with Gasteiger partial charge in [0.05, 0.1) is 21.5 Å². The first kappa shape index (κ1) is 19.4. The van der Waals surface area contributed by atoms with E-state index < -0.39 is 4.92 Å². The number of nitro groups is 1. The molecular formula is C26H17N3O3. The van der Waals surface area contributed by atoms with Crippen LogP contribution < -0.4 is 5.56 Å². The molecule has 0 spiro atoms. The number of aromatic nitrogens is 2. The largest absolute Gasteiger partial charge is 0.270 e. The van der Waals surface area contributed by atoms with Crippen LogP contribution >= 0.6 is 0 Å². The average Bonchev–Trinajstić information content (AvgIpc) is 2.83. The maximum Gasteiger partial charge on any atom is 0.270 e. The van der Waals surface area contributed by atoms with Crippen LogP contribution in [0.15, 0.2) is 95.8 Å². The highest BCUT2D eigenvalue weighted by Crippen LogP contribution is 2.24. The molecule has 0 atom stereocenters. The first-order chi connectivity index (χ1) is 15.6. The third kappa shape index (κ3) is 3.44. The summed E-state index contributed by atoms with van der Waals surface area (Å²) in [4.78, 5) is 29.0. The number of nitro benzene ring substituents is 1. The van der Waals surface area contributed by atoms with Gasteiger partial charge in [0.15, 0.2) is 0 Å². The van der Waals surface area contributed by atoms with Crippen molar-refractivity contribution < 1.29 is 4.92 Å². The summed E-state index contributed by atoms with van der Waals surface area (Å²) < 4.78 is 1.60. The summed E-state index contributed by atoms with van der Waals surface area (Å²) in [6.07, 6.45) is 3.44. The molecule has 4 aromatic carbocycles. The van der Waals surface area contributed by atoms with E-state index in [0.717, 1.165) is 16.5 Å². The zero-order valence-corrected chi connectivity index (χ0v) is 16.9.